The van der Waals surface area contributed by atoms with Crippen molar-refractivity contribution in [2.75, 3.05) is 39.6 Å². The number of carbonyl (C=O) groups is 2. The highest BCUT2D eigenvalue weighted by atomic mass is 32.2. The molecule has 0 atom stereocenters. The third-order valence-electron chi connectivity index (χ3n) is 7.33. The number of nitriles is 1. The van der Waals surface area contributed by atoms with E-state index in [0.29, 0.717) is 43.1 Å². The van der Waals surface area contributed by atoms with Crippen LogP contribution in [0, 0.1) is 24.8 Å². The summed E-state index contributed by atoms with van der Waals surface area (Å²) in [4.78, 5) is 28.5. The molecule has 1 aromatic carbocycles. The van der Waals surface area contributed by atoms with Gasteiger partial charge in [0.15, 0.2) is 0 Å². The molecular weight excluding hydrogens is 641 g/mol. The van der Waals surface area contributed by atoms with Gasteiger partial charge in [-0.2, -0.15) is 0 Å². The lowest BCUT2D eigenvalue weighted by atomic mass is 10.1. The predicted octanol–water partition coefficient (Wildman–Crippen LogP) is 7.87. The summed E-state index contributed by atoms with van der Waals surface area (Å²) in [5.41, 5.74) is 1.03. The van der Waals surface area contributed by atoms with Crippen molar-refractivity contribution in [2.24, 2.45) is 0 Å². The highest BCUT2D eigenvalue weighted by Gasteiger charge is 2.30. The summed E-state index contributed by atoms with van der Waals surface area (Å²) in [6.07, 6.45) is 13.4. The monoisotopic (exact) mass is 690 g/mol. The molecule has 1 aliphatic heterocycles. The van der Waals surface area contributed by atoms with Gasteiger partial charge in [-0.15, -0.1) is 0 Å². The molecule has 0 unspecified atom stereocenters. The second kappa shape index (κ2) is 25.2. The number of rotatable bonds is 26. The minimum atomic E-state index is -0.199. The summed E-state index contributed by atoms with van der Waals surface area (Å²) >= 11 is 2.80. The number of benzene rings is 1. The number of hydrogen-bond acceptors (Lipinski definition) is 11. The Labute approximate surface area is 288 Å². The molecule has 1 aromatic rings. The quantitative estimate of drug-likeness (QED) is 0.0425. The number of unbranched alkanes of at least 4 members (excludes halogenated alkanes) is 10. The number of ether oxygens (including phenoxy) is 4. The van der Waals surface area contributed by atoms with E-state index in [1.165, 1.54) is 23.5 Å². The Hall–Kier alpha value is -2.90. The number of thioether (sulfide) groups is 2. The minimum absolute atomic E-state index is 0.0274. The van der Waals surface area contributed by atoms with Crippen LogP contribution in [0.25, 0.3) is 4.85 Å². The lowest BCUT2D eigenvalue weighted by molar-refractivity contribution is -0.145. The predicted molar refractivity (Wildman–Crippen MR) is 183 cm³/mol. The van der Waals surface area contributed by atoms with Crippen molar-refractivity contribution in [3.63, 3.8) is 0 Å². The van der Waals surface area contributed by atoms with Crippen LogP contribution in [-0.4, -0.2) is 61.8 Å². The largest absolute Gasteiger partial charge is 0.492 e. The number of aryl methyl sites for hydroxylation is 1. The van der Waals surface area contributed by atoms with Crippen molar-refractivity contribution in [2.45, 2.75) is 119 Å². The normalized spacial score (nSPS) is 13.0. The molecule has 0 fully saturated rings. The molecular formula is C35H50N2O8S2. The van der Waals surface area contributed by atoms with E-state index in [9.17, 15) is 14.9 Å². The van der Waals surface area contributed by atoms with Crippen LogP contribution in [0.3, 0.4) is 0 Å². The SMILES string of the molecule is [C-]#[N+]/C(C#N)=C1\Sc2c(OCCCCCCCCC(=O)OCCCO)cc(C)c(OCCCCCCCCC(=O)OCCCO)c2S1. The van der Waals surface area contributed by atoms with Crippen molar-refractivity contribution < 1.29 is 38.7 Å². The van der Waals surface area contributed by atoms with Gasteiger partial charge in [0, 0.05) is 38.9 Å². The van der Waals surface area contributed by atoms with Gasteiger partial charge >= 0.3 is 11.9 Å². The Kier molecular flexibility index (Phi) is 21.6. The van der Waals surface area contributed by atoms with E-state index >= 15 is 0 Å². The van der Waals surface area contributed by atoms with Gasteiger partial charge in [-0.25, -0.2) is 10.1 Å². The van der Waals surface area contributed by atoms with Gasteiger partial charge in [-0.1, -0.05) is 74.9 Å². The number of nitrogens with zero attached hydrogens (tertiary/aromatic N) is 2. The summed E-state index contributed by atoms with van der Waals surface area (Å²) in [6, 6.07) is 4.00. The third-order valence-corrected chi connectivity index (χ3v) is 9.92. The fourth-order valence-electron chi connectivity index (χ4n) is 4.78. The van der Waals surface area contributed by atoms with Crippen LogP contribution >= 0.6 is 23.5 Å². The fraction of sp³-hybridized carbons (Fsp3) is 0.657. The molecule has 0 saturated heterocycles. The molecule has 0 bridgehead atoms. The smallest absolute Gasteiger partial charge is 0.305 e. The van der Waals surface area contributed by atoms with Gasteiger partial charge < -0.3 is 29.2 Å². The van der Waals surface area contributed by atoms with Gasteiger partial charge in [0.05, 0.1) is 53.1 Å². The molecule has 1 heterocycles. The molecule has 2 N–H and O–H groups in total. The first-order chi connectivity index (χ1) is 22.9. The minimum Gasteiger partial charge on any atom is -0.492 e. The van der Waals surface area contributed by atoms with Crippen molar-refractivity contribution >= 4 is 35.5 Å². The standard InChI is InChI=1S/C35H50N2O8S2/c1-27-25-29(42-21-13-9-5-3-7-11-17-30(40)43-23-15-19-38)33-34(47-35(46-33)28(26-36)37-2)32(27)45-22-14-10-6-4-8-12-18-31(41)44-24-16-20-39/h25,38-39H,3-24H2,1H3/b35-28+. The Morgan fingerprint density at radius 1 is 0.745 bits per heavy atom. The van der Waals surface area contributed by atoms with E-state index in [0.717, 1.165) is 104 Å². The first-order valence-corrected chi connectivity index (χ1v) is 18.4. The van der Waals surface area contributed by atoms with E-state index in [-0.39, 0.29) is 44.1 Å². The first-order valence-electron chi connectivity index (χ1n) is 16.8. The second-order valence-electron chi connectivity index (χ2n) is 11.3. The lowest BCUT2D eigenvalue weighted by Gasteiger charge is -2.16. The zero-order valence-corrected chi connectivity index (χ0v) is 29.3. The highest BCUT2D eigenvalue weighted by Crippen LogP contribution is 2.59. The van der Waals surface area contributed by atoms with Crippen LogP contribution in [0.5, 0.6) is 11.5 Å². The average Bonchev–Trinajstić information content (AvgIpc) is 3.50. The zero-order valence-electron chi connectivity index (χ0n) is 27.7. The Balaban J connectivity index is 1.77. The lowest BCUT2D eigenvalue weighted by Crippen LogP contribution is -2.06. The Morgan fingerprint density at radius 2 is 1.23 bits per heavy atom. The van der Waals surface area contributed by atoms with Crippen molar-refractivity contribution in [3.05, 3.63) is 33.0 Å². The highest BCUT2D eigenvalue weighted by molar-refractivity contribution is 8.24. The number of allylic oxidation sites excluding steroid dienone is 1. The van der Waals surface area contributed by atoms with Crippen LogP contribution in [0.15, 0.2) is 25.8 Å². The molecule has 1 aliphatic rings. The number of fused-ring (bicyclic) bond motifs is 1. The van der Waals surface area contributed by atoms with Gasteiger partial charge in [0.25, 0.3) is 5.70 Å². The molecule has 260 valence electrons. The zero-order chi connectivity index (χ0) is 34.1. The molecule has 12 heteroatoms. The molecule has 0 saturated carbocycles. The van der Waals surface area contributed by atoms with Crippen LogP contribution in [-0.2, 0) is 19.1 Å². The first kappa shape index (κ1) is 40.3. The van der Waals surface area contributed by atoms with Crippen LogP contribution in [0.2, 0.25) is 0 Å². The molecule has 0 aliphatic carbocycles. The van der Waals surface area contributed by atoms with Crippen LogP contribution in [0.1, 0.15) is 108 Å². The molecule has 0 spiro atoms. The van der Waals surface area contributed by atoms with E-state index in [1.807, 2.05) is 19.1 Å². The third kappa shape index (κ3) is 16.2. The van der Waals surface area contributed by atoms with Crippen molar-refractivity contribution in [3.8, 4) is 17.6 Å². The molecule has 2 rings (SSSR count). The van der Waals surface area contributed by atoms with Gasteiger partial charge in [0.2, 0.25) is 0 Å². The average molecular weight is 691 g/mol. The van der Waals surface area contributed by atoms with Crippen molar-refractivity contribution in [1.29, 1.82) is 5.26 Å². The summed E-state index contributed by atoms with van der Waals surface area (Å²) in [5, 5.41) is 27.0. The topological polar surface area (TPSA) is 140 Å². The summed E-state index contributed by atoms with van der Waals surface area (Å²) < 4.78 is 23.2. The molecule has 0 amide bonds. The summed E-state index contributed by atoms with van der Waals surface area (Å²) in [7, 11) is 0. The maximum Gasteiger partial charge on any atom is 0.305 e. The van der Waals surface area contributed by atoms with Crippen LogP contribution < -0.4 is 9.47 Å². The van der Waals surface area contributed by atoms with Crippen molar-refractivity contribution in [1.82, 2.24) is 0 Å². The number of esters is 2. The maximum absolute atomic E-state index is 11.6. The number of hydrogen-bond donors (Lipinski definition) is 2. The fourth-order valence-corrected chi connectivity index (χ4v) is 7.35. The molecule has 10 nitrogen and oxygen atoms in total. The summed E-state index contributed by atoms with van der Waals surface area (Å²) in [5.74, 6) is 1.13. The molecule has 0 aromatic heterocycles. The summed E-state index contributed by atoms with van der Waals surface area (Å²) in [6.45, 7) is 11.1. The van der Waals surface area contributed by atoms with E-state index < -0.39 is 0 Å². The van der Waals surface area contributed by atoms with E-state index in [1.54, 1.807) is 0 Å². The van der Waals surface area contributed by atoms with E-state index in [2.05, 4.69) is 4.85 Å². The number of aliphatic hydroxyl groups is 2. The van der Waals surface area contributed by atoms with Crippen LogP contribution in [0.4, 0.5) is 0 Å². The van der Waals surface area contributed by atoms with Gasteiger partial charge in [-0.3, -0.25) is 9.59 Å². The Morgan fingerprint density at radius 3 is 1.74 bits per heavy atom. The Bertz CT molecular complexity index is 1210. The number of aliphatic hydroxyl groups excluding tert-OH is 2. The maximum atomic E-state index is 11.6. The molecule has 47 heavy (non-hydrogen) atoms. The van der Waals surface area contributed by atoms with E-state index in [4.69, 9.17) is 35.7 Å². The van der Waals surface area contributed by atoms with Gasteiger partial charge in [0.1, 0.15) is 11.5 Å². The second-order valence-corrected chi connectivity index (χ2v) is 13.6. The molecule has 0 radical (unpaired) electrons. The number of carbonyl (C=O) groups excluding carboxylic acids is 2. The van der Waals surface area contributed by atoms with Gasteiger partial charge in [-0.05, 0) is 44.2 Å².